The van der Waals surface area contributed by atoms with Gasteiger partial charge in [-0.2, -0.15) is 0 Å². The summed E-state index contributed by atoms with van der Waals surface area (Å²) < 4.78 is 4.85. The molecule has 362 valence electrons. The van der Waals surface area contributed by atoms with Crippen molar-refractivity contribution < 1.29 is 0 Å². The zero-order chi connectivity index (χ0) is 50.6. The number of hydrogen-bond donors (Lipinski definition) is 0. The molecule has 0 saturated carbocycles. The van der Waals surface area contributed by atoms with Crippen molar-refractivity contribution in [1.82, 2.24) is 19.1 Å². The average molecular weight is 977 g/mol. The SMILES string of the molecule is CC1(C)C2=C(CCC=C2)N(c2ccc3c(c2)c2ccccc2n3-c2ccc3c4ccc(-n5c6ccccc6c6cc(N7c8ccccc8C(C)(C)c8ccccc87)ccc65)cc4c4nccnc4c3c2)c2ccccc21. The predicted molar refractivity (Wildman–Crippen MR) is 317 cm³/mol. The summed E-state index contributed by atoms with van der Waals surface area (Å²) >= 11 is 0. The van der Waals surface area contributed by atoms with Crippen molar-refractivity contribution in [2.45, 2.75) is 51.4 Å². The lowest BCUT2D eigenvalue weighted by Crippen LogP contribution is -2.34. The second-order valence-electron chi connectivity index (χ2n) is 22.1. The van der Waals surface area contributed by atoms with Crippen LogP contribution in [0.25, 0.3) is 87.6 Å². The van der Waals surface area contributed by atoms with E-state index in [4.69, 9.17) is 9.97 Å². The summed E-state index contributed by atoms with van der Waals surface area (Å²) in [6.45, 7) is 9.44. The molecule has 10 aromatic carbocycles. The molecule has 0 amide bonds. The first-order chi connectivity index (χ1) is 37.2. The zero-order valence-corrected chi connectivity index (χ0v) is 42.9. The van der Waals surface area contributed by atoms with Gasteiger partial charge in [-0.15, -0.1) is 0 Å². The van der Waals surface area contributed by atoms with Crippen LogP contribution in [0.5, 0.6) is 0 Å². The minimum Gasteiger partial charge on any atom is -0.314 e. The molecule has 6 heteroatoms. The van der Waals surface area contributed by atoms with Gasteiger partial charge in [-0.3, -0.25) is 9.97 Å². The molecule has 0 atom stereocenters. The third kappa shape index (κ3) is 5.87. The molecule has 0 radical (unpaired) electrons. The van der Waals surface area contributed by atoms with E-state index in [9.17, 15) is 0 Å². The summed E-state index contributed by atoms with van der Waals surface area (Å²) in [4.78, 5) is 15.2. The summed E-state index contributed by atoms with van der Waals surface area (Å²) in [5.41, 5.74) is 21.2. The predicted octanol–water partition coefficient (Wildman–Crippen LogP) is 18.3. The van der Waals surface area contributed by atoms with Crippen LogP contribution in [0.4, 0.5) is 28.4 Å². The number of para-hydroxylation sites is 5. The minimum atomic E-state index is -0.130. The van der Waals surface area contributed by atoms with E-state index in [1.165, 1.54) is 83.3 Å². The molecule has 2 aliphatic heterocycles. The van der Waals surface area contributed by atoms with Crippen LogP contribution in [-0.2, 0) is 10.8 Å². The third-order valence-electron chi connectivity index (χ3n) is 17.4. The Hall–Kier alpha value is -9.26. The van der Waals surface area contributed by atoms with Crippen LogP contribution >= 0.6 is 0 Å². The molecular formula is C70H52N6. The topological polar surface area (TPSA) is 42.1 Å². The van der Waals surface area contributed by atoms with Crippen molar-refractivity contribution in [1.29, 1.82) is 0 Å². The van der Waals surface area contributed by atoms with E-state index in [-0.39, 0.29) is 10.8 Å². The zero-order valence-electron chi connectivity index (χ0n) is 42.9. The van der Waals surface area contributed by atoms with Crippen LogP contribution < -0.4 is 9.80 Å². The van der Waals surface area contributed by atoms with Crippen LogP contribution in [0.3, 0.4) is 0 Å². The van der Waals surface area contributed by atoms with E-state index >= 15 is 0 Å². The molecule has 0 spiro atoms. The summed E-state index contributed by atoms with van der Waals surface area (Å²) in [5.74, 6) is 0. The lowest BCUT2D eigenvalue weighted by Gasteiger charge is -2.44. The highest BCUT2D eigenvalue weighted by Crippen LogP contribution is 2.54. The van der Waals surface area contributed by atoms with Gasteiger partial charge in [0.15, 0.2) is 0 Å². The number of fused-ring (bicyclic) bond motifs is 15. The fraction of sp³-hybridized carbons (Fsp3) is 0.114. The van der Waals surface area contributed by atoms with Crippen molar-refractivity contribution in [2.75, 3.05) is 9.80 Å². The van der Waals surface area contributed by atoms with Crippen LogP contribution in [-0.4, -0.2) is 19.1 Å². The molecule has 0 N–H and O–H groups in total. The van der Waals surface area contributed by atoms with E-state index < -0.39 is 0 Å². The number of anilines is 5. The van der Waals surface area contributed by atoms with E-state index in [1.54, 1.807) is 0 Å². The smallest absolute Gasteiger partial charge is 0.0972 e. The van der Waals surface area contributed by atoms with Crippen molar-refractivity contribution in [3.63, 3.8) is 0 Å². The second-order valence-corrected chi connectivity index (χ2v) is 22.1. The Morgan fingerprint density at radius 3 is 1.33 bits per heavy atom. The Balaban J connectivity index is 0.841. The molecule has 0 fully saturated rings. The molecule has 3 aromatic heterocycles. The Morgan fingerprint density at radius 1 is 0.368 bits per heavy atom. The molecular weight excluding hydrogens is 925 g/mol. The first kappa shape index (κ1) is 43.2. The number of nitrogens with zero attached hydrogens (tertiary/aromatic N) is 6. The molecule has 13 aromatic rings. The quantitative estimate of drug-likeness (QED) is 0.165. The maximum Gasteiger partial charge on any atom is 0.0972 e. The number of benzene rings is 10. The summed E-state index contributed by atoms with van der Waals surface area (Å²) in [6.07, 6.45) is 10.4. The molecule has 0 bridgehead atoms. The first-order valence-electron chi connectivity index (χ1n) is 26.7. The van der Waals surface area contributed by atoms with Gasteiger partial charge in [0.2, 0.25) is 0 Å². The molecule has 5 heterocycles. The summed E-state index contributed by atoms with van der Waals surface area (Å²) in [6, 6.07) is 72.3. The first-order valence-corrected chi connectivity index (χ1v) is 26.7. The van der Waals surface area contributed by atoms with Gasteiger partial charge in [-0.25, -0.2) is 0 Å². The van der Waals surface area contributed by atoms with E-state index in [0.717, 1.165) is 73.5 Å². The standard InChI is InChI=1S/C70H52N6/c1-69(2)55-19-7-13-25-63(55)75(64-26-14-8-20-56(64)69)45-31-35-61-51(39-45)49-17-5-11-23-59(49)73(61)43-29-33-47-48-34-30-44(42-54(48)68-67(53(47)41-43)71-37-38-72-68)74-60-24-12-6-18-50(60)52-40-46(32-36-62(52)74)76-65-27-15-9-21-57(65)70(3,4)58-22-10-16-28-66(58)76/h5-15,17-27,29-42H,16,28H2,1-4H3. The molecule has 1 aliphatic carbocycles. The molecule has 0 saturated heterocycles. The monoisotopic (exact) mass is 976 g/mol. The highest BCUT2D eigenvalue weighted by molar-refractivity contribution is 6.24. The second kappa shape index (κ2) is 15.6. The summed E-state index contributed by atoms with van der Waals surface area (Å²) in [5, 5.41) is 9.33. The lowest BCUT2D eigenvalue weighted by molar-refractivity contribution is 0.603. The van der Waals surface area contributed by atoms with Gasteiger partial charge in [-0.05, 0) is 137 Å². The van der Waals surface area contributed by atoms with Gasteiger partial charge in [0.05, 0.1) is 44.5 Å². The van der Waals surface area contributed by atoms with Gasteiger partial charge < -0.3 is 18.9 Å². The van der Waals surface area contributed by atoms with Crippen LogP contribution in [0.2, 0.25) is 0 Å². The highest BCUT2D eigenvalue weighted by atomic mass is 15.2. The lowest BCUT2D eigenvalue weighted by atomic mass is 9.71. The summed E-state index contributed by atoms with van der Waals surface area (Å²) in [7, 11) is 0. The largest absolute Gasteiger partial charge is 0.314 e. The van der Waals surface area contributed by atoms with Crippen molar-refractivity contribution in [3.05, 3.63) is 247 Å². The van der Waals surface area contributed by atoms with Crippen LogP contribution in [0.1, 0.15) is 57.2 Å². The van der Waals surface area contributed by atoms with Gasteiger partial charge in [0.25, 0.3) is 0 Å². The maximum absolute atomic E-state index is 5.12. The Morgan fingerprint density at radius 2 is 0.789 bits per heavy atom. The minimum absolute atomic E-state index is 0.0799. The van der Waals surface area contributed by atoms with Gasteiger partial charge >= 0.3 is 0 Å². The molecule has 0 unspecified atom stereocenters. The fourth-order valence-electron chi connectivity index (χ4n) is 13.9. The third-order valence-corrected chi connectivity index (χ3v) is 17.4. The van der Waals surface area contributed by atoms with Crippen molar-refractivity contribution in [3.8, 4) is 11.4 Å². The Kier molecular flexibility index (Phi) is 8.88. The number of hydrogen-bond acceptors (Lipinski definition) is 4. The van der Waals surface area contributed by atoms with E-state index in [2.05, 4.69) is 253 Å². The molecule has 3 aliphatic rings. The number of allylic oxidation sites excluding steroid dienone is 4. The normalized spacial score (nSPS) is 15.6. The molecule has 6 nitrogen and oxygen atoms in total. The van der Waals surface area contributed by atoms with Crippen molar-refractivity contribution in [2.24, 2.45) is 0 Å². The highest BCUT2D eigenvalue weighted by Gasteiger charge is 2.39. The number of aromatic nitrogens is 4. The fourth-order valence-corrected chi connectivity index (χ4v) is 13.9. The van der Waals surface area contributed by atoms with Gasteiger partial charge in [0.1, 0.15) is 0 Å². The Bertz CT molecular complexity index is 4660. The molecule has 16 rings (SSSR count). The number of rotatable bonds is 4. The average Bonchev–Trinajstić information content (AvgIpc) is 3.98. The Labute approximate surface area is 440 Å². The maximum atomic E-state index is 5.12. The van der Waals surface area contributed by atoms with Crippen LogP contribution in [0.15, 0.2) is 230 Å². The van der Waals surface area contributed by atoms with E-state index in [1.807, 2.05) is 12.4 Å². The molecule has 76 heavy (non-hydrogen) atoms. The van der Waals surface area contributed by atoms with E-state index in [0.29, 0.717) is 0 Å². The van der Waals surface area contributed by atoms with Gasteiger partial charge in [-0.1, -0.05) is 143 Å². The van der Waals surface area contributed by atoms with Crippen LogP contribution in [0, 0.1) is 0 Å². The van der Waals surface area contributed by atoms with Gasteiger partial charge in [0, 0.05) is 89.7 Å². The van der Waals surface area contributed by atoms with Crippen molar-refractivity contribution >= 4 is 105 Å².